The van der Waals surface area contributed by atoms with Crippen molar-refractivity contribution in [2.45, 2.75) is 96.4 Å². The molecule has 2 atom stereocenters. The quantitative estimate of drug-likeness (QED) is 0.0970. The Hall–Kier alpha value is -3.69. The first-order chi connectivity index (χ1) is 22.3. The monoisotopic (exact) mass is 673 g/mol. The summed E-state index contributed by atoms with van der Waals surface area (Å²) in [4.78, 5) is 14.3. The summed E-state index contributed by atoms with van der Waals surface area (Å²) in [7, 11) is 0. The molecule has 0 amide bonds. The number of aromatic nitrogens is 1. The fraction of sp³-hybridized carbons (Fsp3) is 0.432. The molecule has 6 nitrogen and oxygen atoms in total. The number of hydrogen-bond donors (Lipinski definition) is 3. The average molecular weight is 674 g/mol. The second-order valence-corrected chi connectivity index (χ2v) is 12.6. The molecule has 2 unspecified atom stereocenters. The van der Waals surface area contributed by atoms with Crippen LogP contribution < -0.4 is 9.47 Å². The van der Waals surface area contributed by atoms with Crippen molar-refractivity contribution in [1.82, 2.24) is 4.98 Å². The lowest BCUT2D eigenvalue weighted by Crippen LogP contribution is -2.47. The molecule has 0 fully saturated rings. The molecule has 1 heterocycles. The summed E-state index contributed by atoms with van der Waals surface area (Å²) in [6.07, 6.45) is 4.10. The van der Waals surface area contributed by atoms with Crippen LogP contribution in [0.3, 0.4) is 0 Å². The van der Waals surface area contributed by atoms with E-state index >= 15 is 0 Å². The maximum atomic E-state index is 14.6. The van der Waals surface area contributed by atoms with E-state index in [1.807, 2.05) is 6.92 Å². The van der Waals surface area contributed by atoms with Gasteiger partial charge in [-0.15, -0.1) is 0 Å². The van der Waals surface area contributed by atoms with E-state index in [9.17, 15) is 28.2 Å². The van der Waals surface area contributed by atoms with Gasteiger partial charge in [0.05, 0.1) is 17.9 Å². The van der Waals surface area contributed by atoms with E-state index in [0.29, 0.717) is 34.6 Å². The van der Waals surface area contributed by atoms with Crippen molar-refractivity contribution >= 4 is 28.5 Å². The Labute approximate surface area is 278 Å². The zero-order chi connectivity index (χ0) is 34.2. The molecule has 3 N–H and O–H groups in total. The van der Waals surface area contributed by atoms with Gasteiger partial charge in [-0.3, -0.25) is 0 Å². The van der Waals surface area contributed by atoms with Crippen LogP contribution in [-0.2, 0) is 12.2 Å². The van der Waals surface area contributed by atoms with Gasteiger partial charge in [0.15, 0.2) is 0 Å². The van der Waals surface area contributed by atoms with Gasteiger partial charge in [0.1, 0.15) is 18.1 Å². The predicted octanol–water partition coefficient (Wildman–Crippen LogP) is 10.5. The number of H-pyrrole nitrogens is 1. The SMILES string of the molecule is CCCCCCCCCCOc1cc(C(=O)O)ccc1COc1ccc(C(C)C(O)(c2cc3cc(C)ccc3[nH]2)C(F)(F)F)c(Cl)c1. The second kappa shape index (κ2) is 15.9. The number of aryl methyl sites for hydroxylation is 1. The zero-order valence-electron chi connectivity index (χ0n) is 27.1. The largest absolute Gasteiger partial charge is 0.493 e. The van der Waals surface area contributed by atoms with Crippen LogP contribution >= 0.6 is 11.6 Å². The number of hydrogen-bond acceptors (Lipinski definition) is 4. The molecule has 0 radical (unpaired) electrons. The molecular formula is C37H43ClF3NO5. The normalized spacial score (nSPS) is 13.8. The van der Waals surface area contributed by atoms with E-state index in [2.05, 4.69) is 11.9 Å². The number of unbranched alkanes of at least 4 members (excludes halogenated alkanes) is 7. The molecule has 4 rings (SSSR count). The van der Waals surface area contributed by atoms with Gasteiger partial charge < -0.3 is 24.7 Å². The van der Waals surface area contributed by atoms with E-state index in [0.717, 1.165) is 24.8 Å². The van der Waals surface area contributed by atoms with Gasteiger partial charge in [-0.2, -0.15) is 13.2 Å². The van der Waals surface area contributed by atoms with Crippen molar-refractivity contribution in [3.63, 3.8) is 0 Å². The van der Waals surface area contributed by atoms with Gasteiger partial charge in [-0.25, -0.2) is 4.79 Å². The van der Waals surface area contributed by atoms with Crippen LogP contribution in [0.4, 0.5) is 13.2 Å². The van der Waals surface area contributed by atoms with Crippen LogP contribution in [0.1, 0.15) is 104 Å². The fourth-order valence-corrected chi connectivity index (χ4v) is 6.12. The minimum atomic E-state index is -5.02. The number of halogens is 4. The summed E-state index contributed by atoms with van der Waals surface area (Å²) in [6, 6.07) is 15.4. The maximum Gasteiger partial charge on any atom is 0.423 e. The number of rotatable bonds is 17. The third kappa shape index (κ3) is 8.82. The number of carboxylic acid groups (broad SMARTS) is 1. The summed E-state index contributed by atoms with van der Waals surface area (Å²) < 4.78 is 55.7. The Balaban J connectivity index is 1.46. The number of carbonyl (C=O) groups is 1. The number of aliphatic hydroxyl groups is 1. The summed E-state index contributed by atoms with van der Waals surface area (Å²) >= 11 is 6.52. The first-order valence-corrected chi connectivity index (χ1v) is 16.5. The number of ether oxygens (including phenoxy) is 2. The van der Waals surface area contributed by atoms with E-state index in [4.69, 9.17) is 21.1 Å². The summed E-state index contributed by atoms with van der Waals surface area (Å²) in [5, 5.41) is 21.3. The first kappa shape index (κ1) is 36.2. The standard InChI is InChI=1S/C37H43ClF3NO5/c1-4-5-6-7-8-9-10-11-18-46-33-20-26(35(43)44)13-14-27(33)23-47-29-15-16-30(31(38)22-29)25(3)36(45,37(39,40)41)34-21-28-19-24(2)12-17-32(28)42-34/h12-17,19-22,25,42,45H,4-11,18,23H2,1-3H3,(H,43,44). The fourth-order valence-electron chi connectivity index (χ4n) is 5.78. The van der Waals surface area contributed by atoms with Gasteiger partial charge in [-0.05, 0) is 61.4 Å². The van der Waals surface area contributed by atoms with Gasteiger partial charge in [-0.1, -0.05) is 94.2 Å². The van der Waals surface area contributed by atoms with Crippen molar-refractivity contribution < 1.29 is 37.7 Å². The molecule has 1 aromatic heterocycles. The smallest absolute Gasteiger partial charge is 0.423 e. The molecule has 0 aliphatic heterocycles. The highest BCUT2D eigenvalue weighted by Crippen LogP contribution is 2.50. The molecule has 0 spiro atoms. The van der Waals surface area contributed by atoms with Crippen LogP contribution in [0.2, 0.25) is 5.02 Å². The molecule has 0 saturated carbocycles. The molecule has 0 aliphatic carbocycles. The average Bonchev–Trinajstić information content (AvgIpc) is 3.45. The van der Waals surface area contributed by atoms with Crippen LogP contribution in [0.15, 0.2) is 60.7 Å². The number of benzene rings is 3. The summed E-state index contributed by atoms with van der Waals surface area (Å²) in [5.74, 6) is -1.86. The van der Waals surface area contributed by atoms with Crippen LogP contribution in [0.25, 0.3) is 10.9 Å². The highest BCUT2D eigenvalue weighted by atomic mass is 35.5. The van der Waals surface area contributed by atoms with Crippen LogP contribution in [0.5, 0.6) is 11.5 Å². The minimum Gasteiger partial charge on any atom is -0.493 e. The molecule has 0 bridgehead atoms. The predicted molar refractivity (Wildman–Crippen MR) is 179 cm³/mol. The van der Waals surface area contributed by atoms with Crippen molar-refractivity contribution in [3.05, 3.63) is 93.6 Å². The van der Waals surface area contributed by atoms with Crippen molar-refractivity contribution in [1.29, 1.82) is 0 Å². The Morgan fingerprint density at radius 2 is 1.62 bits per heavy atom. The van der Waals surface area contributed by atoms with Crippen LogP contribution in [0, 0.1) is 6.92 Å². The maximum absolute atomic E-state index is 14.6. The number of nitrogens with one attached hydrogen (secondary N) is 1. The summed E-state index contributed by atoms with van der Waals surface area (Å²) in [6.45, 7) is 5.76. The lowest BCUT2D eigenvalue weighted by molar-refractivity contribution is -0.275. The minimum absolute atomic E-state index is 0.00276. The molecular weight excluding hydrogens is 631 g/mol. The Morgan fingerprint density at radius 3 is 2.28 bits per heavy atom. The lowest BCUT2D eigenvalue weighted by atomic mass is 9.80. The third-order valence-electron chi connectivity index (χ3n) is 8.65. The number of aromatic carboxylic acids is 1. The third-order valence-corrected chi connectivity index (χ3v) is 8.98. The van der Waals surface area contributed by atoms with Crippen molar-refractivity contribution in [2.24, 2.45) is 0 Å². The Morgan fingerprint density at radius 1 is 0.915 bits per heavy atom. The highest BCUT2D eigenvalue weighted by molar-refractivity contribution is 6.31. The number of aromatic amines is 1. The molecule has 3 aromatic carbocycles. The Bertz CT molecular complexity index is 1650. The van der Waals surface area contributed by atoms with Crippen LogP contribution in [-0.4, -0.2) is 33.9 Å². The molecule has 254 valence electrons. The van der Waals surface area contributed by atoms with Crippen molar-refractivity contribution in [2.75, 3.05) is 6.61 Å². The number of carboxylic acids is 1. The van der Waals surface area contributed by atoms with E-state index < -0.39 is 23.7 Å². The molecule has 0 aliphatic rings. The highest BCUT2D eigenvalue weighted by Gasteiger charge is 2.60. The number of fused-ring (bicyclic) bond motifs is 1. The molecule has 4 aromatic rings. The van der Waals surface area contributed by atoms with Gasteiger partial charge >= 0.3 is 12.1 Å². The number of alkyl halides is 3. The summed E-state index contributed by atoms with van der Waals surface area (Å²) in [5.41, 5.74) is -1.48. The van der Waals surface area contributed by atoms with E-state index in [-0.39, 0.29) is 28.5 Å². The molecule has 47 heavy (non-hydrogen) atoms. The Kier molecular flexibility index (Phi) is 12.3. The zero-order valence-corrected chi connectivity index (χ0v) is 27.8. The van der Waals surface area contributed by atoms with Gasteiger partial charge in [0.25, 0.3) is 0 Å². The van der Waals surface area contributed by atoms with Gasteiger partial charge in [0.2, 0.25) is 5.60 Å². The molecule has 0 saturated heterocycles. The lowest BCUT2D eigenvalue weighted by Gasteiger charge is -2.36. The topological polar surface area (TPSA) is 91.8 Å². The van der Waals surface area contributed by atoms with Gasteiger partial charge in [0, 0.05) is 27.4 Å². The van der Waals surface area contributed by atoms with Crippen molar-refractivity contribution in [3.8, 4) is 11.5 Å². The molecule has 10 heteroatoms. The van der Waals surface area contributed by atoms with E-state index in [1.165, 1.54) is 75.4 Å². The first-order valence-electron chi connectivity index (χ1n) is 16.1. The second-order valence-electron chi connectivity index (χ2n) is 12.2. The van der Waals surface area contributed by atoms with E-state index in [1.54, 1.807) is 24.3 Å².